The van der Waals surface area contributed by atoms with E-state index in [1.54, 1.807) is 35.3 Å². The highest BCUT2D eigenvalue weighted by Crippen LogP contribution is 2.12. The molecule has 72 valence electrons. The molecule has 0 aliphatic rings. The fourth-order valence-electron chi connectivity index (χ4n) is 1.31. The SMILES string of the molecule is Cn1nccc1C(=O)Cc1cccs1. The van der Waals surface area contributed by atoms with E-state index in [1.807, 2.05) is 17.5 Å². The number of hydrogen-bond donors (Lipinski definition) is 0. The van der Waals surface area contributed by atoms with Crippen LogP contribution in [0.4, 0.5) is 0 Å². The van der Waals surface area contributed by atoms with Crippen molar-refractivity contribution in [2.75, 3.05) is 0 Å². The molecule has 0 bridgehead atoms. The van der Waals surface area contributed by atoms with Gasteiger partial charge in [-0.3, -0.25) is 9.48 Å². The van der Waals surface area contributed by atoms with Crippen LogP contribution in [-0.2, 0) is 13.5 Å². The first-order valence-electron chi connectivity index (χ1n) is 4.31. The normalized spacial score (nSPS) is 10.4. The molecular formula is C10H10N2OS. The standard InChI is InChI=1S/C10H10N2OS/c1-12-9(4-5-11-12)10(13)7-8-3-2-6-14-8/h2-6H,7H2,1H3. The van der Waals surface area contributed by atoms with Crippen molar-refractivity contribution in [2.24, 2.45) is 7.05 Å². The number of thiophene rings is 1. The molecule has 0 aromatic carbocycles. The van der Waals surface area contributed by atoms with Crippen molar-refractivity contribution in [1.29, 1.82) is 0 Å². The summed E-state index contributed by atoms with van der Waals surface area (Å²) in [6, 6.07) is 5.67. The molecule has 2 aromatic heterocycles. The van der Waals surface area contributed by atoms with Gasteiger partial charge in [-0.1, -0.05) is 6.07 Å². The Morgan fingerprint density at radius 2 is 2.43 bits per heavy atom. The molecule has 4 heteroatoms. The summed E-state index contributed by atoms with van der Waals surface area (Å²) in [4.78, 5) is 12.8. The molecule has 14 heavy (non-hydrogen) atoms. The summed E-state index contributed by atoms with van der Waals surface area (Å²) < 4.78 is 1.61. The van der Waals surface area contributed by atoms with Crippen molar-refractivity contribution in [3.8, 4) is 0 Å². The number of ketones is 1. The Balaban J connectivity index is 2.14. The zero-order chi connectivity index (χ0) is 9.97. The maximum atomic E-state index is 11.7. The lowest BCUT2D eigenvalue weighted by atomic mass is 10.2. The minimum Gasteiger partial charge on any atom is -0.292 e. The van der Waals surface area contributed by atoms with Gasteiger partial charge in [-0.25, -0.2) is 0 Å². The summed E-state index contributed by atoms with van der Waals surface area (Å²) in [5, 5.41) is 5.94. The van der Waals surface area contributed by atoms with Crippen LogP contribution in [0, 0.1) is 0 Å². The Labute approximate surface area is 86.0 Å². The fraction of sp³-hybridized carbons (Fsp3) is 0.200. The van der Waals surface area contributed by atoms with E-state index in [9.17, 15) is 4.79 Å². The first-order chi connectivity index (χ1) is 6.77. The molecule has 0 atom stereocenters. The number of rotatable bonds is 3. The Kier molecular flexibility index (Phi) is 2.45. The molecule has 0 spiro atoms. The van der Waals surface area contributed by atoms with Gasteiger partial charge in [-0.05, 0) is 17.5 Å². The van der Waals surface area contributed by atoms with Crippen LogP contribution in [0.15, 0.2) is 29.8 Å². The number of aryl methyl sites for hydroxylation is 1. The van der Waals surface area contributed by atoms with Crippen molar-refractivity contribution in [1.82, 2.24) is 9.78 Å². The molecule has 0 fully saturated rings. The molecule has 3 nitrogen and oxygen atoms in total. The third-order valence-corrected chi connectivity index (χ3v) is 2.90. The van der Waals surface area contributed by atoms with E-state index in [2.05, 4.69) is 5.10 Å². The Bertz CT molecular complexity index is 431. The number of nitrogens with zero attached hydrogens (tertiary/aromatic N) is 2. The molecule has 0 amide bonds. The highest BCUT2D eigenvalue weighted by atomic mass is 32.1. The van der Waals surface area contributed by atoms with E-state index in [-0.39, 0.29) is 5.78 Å². The number of hydrogen-bond acceptors (Lipinski definition) is 3. The largest absolute Gasteiger partial charge is 0.292 e. The predicted octanol–water partition coefficient (Wildman–Crippen LogP) is 1.91. The van der Waals surface area contributed by atoms with Crippen molar-refractivity contribution >= 4 is 17.1 Å². The van der Waals surface area contributed by atoms with Gasteiger partial charge in [0.15, 0.2) is 5.78 Å². The average Bonchev–Trinajstić information content (AvgIpc) is 2.75. The van der Waals surface area contributed by atoms with Gasteiger partial charge in [0.1, 0.15) is 5.69 Å². The van der Waals surface area contributed by atoms with E-state index < -0.39 is 0 Å². The maximum absolute atomic E-state index is 11.7. The Hall–Kier alpha value is -1.42. The molecular weight excluding hydrogens is 196 g/mol. The van der Waals surface area contributed by atoms with E-state index in [0.29, 0.717) is 12.1 Å². The summed E-state index contributed by atoms with van der Waals surface area (Å²) in [5.41, 5.74) is 0.665. The summed E-state index contributed by atoms with van der Waals surface area (Å²) >= 11 is 1.60. The van der Waals surface area contributed by atoms with Crippen molar-refractivity contribution in [3.63, 3.8) is 0 Å². The van der Waals surface area contributed by atoms with Gasteiger partial charge in [0.05, 0.1) is 0 Å². The van der Waals surface area contributed by atoms with Crippen molar-refractivity contribution in [2.45, 2.75) is 6.42 Å². The molecule has 2 heterocycles. The van der Waals surface area contributed by atoms with Gasteiger partial charge in [0.2, 0.25) is 0 Å². The topological polar surface area (TPSA) is 34.9 Å². The molecule has 2 rings (SSSR count). The van der Waals surface area contributed by atoms with Crippen molar-refractivity contribution < 1.29 is 4.79 Å². The van der Waals surface area contributed by atoms with Crippen LogP contribution in [0.2, 0.25) is 0 Å². The quantitative estimate of drug-likeness (QED) is 0.719. The second-order valence-corrected chi connectivity index (χ2v) is 4.05. The number of aromatic nitrogens is 2. The minimum absolute atomic E-state index is 0.118. The molecule has 2 aromatic rings. The number of Topliss-reactive ketones (excluding diaryl/α,β-unsaturated/α-hetero) is 1. The molecule has 0 N–H and O–H groups in total. The van der Waals surface area contributed by atoms with Gasteiger partial charge in [0, 0.05) is 24.5 Å². The first-order valence-corrected chi connectivity index (χ1v) is 5.19. The van der Waals surface area contributed by atoms with Gasteiger partial charge >= 0.3 is 0 Å². The summed E-state index contributed by atoms with van der Waals surface area (Å²) in [6.45, 7) is 0. The van der Waals surface area contributed by atoms with Gasteiger partial charge < -0.3 is 0 Å². The molecule has 0 saturated heterocycles. The van der Waals surface area contributed by atoms with Crippen LogP contribution in [0.1, 0.15) is 15.4 Å². The highest BCUT2D eigenvalue weighted by Gasteiger charge is 2.10. The Morgan fingerprint density at radius 1 is 1.57 bits per heavy atom. The van der Waals surface area contributed by atoms with Gasteiger partial charge in [-0.15, -0.1) is 11.3 Å². The fourth-order valence-corrected chi connectivity index (χ4v) is 2.01. The molecule has 0 radical (unpaired) electrons. The van der Waals surface area contributed by atoms with Crippen LogP contribution in [0.25, 0.3) is 0 Å². The molecule has 0 saturated carbocycles. The zero-order valence-corrected chi connectivity index (χ0v) is 8.62. The monoisotopic (exact) mass is 206 g/mol. The van der Waals surface area contributed by atoms with Gasteiger partial charge in [0.25, 0.3) is 0 Å². The average molecular weight is 206 g/mol. The van der Waals surface area contributed by atoms with Crippen LogP contribution < -0.4 is 0 Å². The highest BCUT2D eigenvalue weighted by molar-refractivity contribution is 7.10. The van der Waals surface area contributed by atoms with E-state index in [1.165, 1.54) is 0 Å². The van der Waals surface area contributed by atoms with Crippen molar-refractivity contribution in [3.05, 3.63) is 40.3 Å². The molecule has 0 aliphatic heterocycles. The third kappa shape index (κ3) is 1.75. The summed E-state index contributed by atoms with van der Waals surface area (Å²) in [6.07, 6.45) is 2.11. The molecule has 0 unspecified atom stereocenters. The van der Waals surface area contributed by atoms with E-state index in [0.717, 1.165) is 4.88 Å². The smallest absolute Gasteiger partial charge is 0.186 e. The van der Waals surface area contributed by atoms with Crippen LogP contribution in [0.5, 0.6) is 0 Å². The first kappa shape index (κ1) is 9.15. The Morgan fingerprint density at radius 3 is 3.00 bits per heavy atom. The van der Waals surface area contributed by atoms with Crippen LogP contribution in [0.3, 0.4) is 0 Å². The maximum Gasteiger partial charge on any atom is 0.186 e. The number of carbonyl (C=O) groups excluding carboxylic acids is 1. The second-order valence-electron chi connectivity index (χ2n) is 3.02. The lowest BCUT2D eigenvalue weighted by Gasteiger charge is -1.98. The van der Waals surface area contributed by atoms with E-state index in [4.69, 9.17) is 0 Å². The third-order valence-electron chi connectivity index (χ3n) is 2.02. The lowest BCUT2D eigenvalue weighted by molar-refractivity contribution is 0.0985. The summed E-state index contributed by atoms with van der Waals surface area (Å²) in [7, 11) is 1.78. The van der Waals surface area contributed by atoms with Gasteiger partial charge in [-0.2, -0.15) is 5.10 Å². The predicted molar refractivity (Wildman–Crippen MR) is 55.6 cm³/mol. The summed E-state index contributed by atoms with van der Waals surface area (Å²) in [5.74, 6) is 0.118. The van der Waals surface area contributed by atoms with E-state index >= 15 is 0 Å². The minimum atomic E-state index is 0.118. The zero-order valence-electron chi connectivity index (χ0n) is 7.80. The second kappa shape index (κ2) is 3.75. The molecule has 0 aliphatic carbocycles. The number of carbonyl (C=O) groups is 1. The van der Waals surface area contributed by atoms with Crippen LogP contribution in [-0.4, -0.2) is 15.6 Å². The lowest BCUT2D eigenvalue weighted by Crippen LogP contribution is -2.08. The van der Waals surface area contributed by atoms with Crippen LogP contribution >= 0.6 is 11.3 Å².